The molecule has 2 aliphatic rings. The largest absolute Gasteiger partial charge is 0.490 e. The second-order valence-corrected chi connectivity index (χ2v) is 7.33. The van der Waals surface area contributed by atoms with Gasteiger partial charge in [0.25, 0.3) is 5.91 Å². The zero-order chi connectivity index (χ0) is 19.2. The fourth-order valence-corrected chi connectivity index (χ4v) is 3.91. The van der Waals surface area contributed by atoms with E-state index in [1.54, 1.807) is 24.3 Å². The molecule has 1 aromatic rings. The molecule has 0 aromatic heterocycles. The van der Waals surface area contributed by atoms with Crippen molar-refractivity contribution >= 4 is 17.8 Å². The SMILES string of the molecule is O=C(NNC(=O)[C@@H]1CCCC[C@H]1C(=O)O)c1ccc(OC2CCCC2)cc1. The standard InChI is InChI=1S/C20H26N2O5/c23-18(13-9-11-15(12-10-13)27-14-5-1-2-6-14)21-22-19(24)16-7-3-4-8-17(16)20(25)26/h9-12,14,16-17H,1-8H2,(H,21,23)(H,22,24)(H,25,26)/t16-,17-/m1/s1. The maximum atomic E-state index is 12.3. The number of benzene rings is 1. The first-order valence-corrected chi connectivity index (χ1v) is 9.64. The molecule has 0 bridgehead atoms. The number of hydrazine groups is 1. The van der Waals surface area contributed by atoms with E-state index < -0.39 is 29.6 Å². The smallest absolute Gasteiger partial charge is 0.307 e. The molecule has 2 aliphatic carbocycles. The lowest BCUT2D eigenvalue weighted by Crippen LogP contribution is -2.47. The first-order valence-electron chi connectivity index (χ1n) is 9.64. The molecule has 2 atom stereocenters. The molecule has 0 aliphatic heterocycles. The number of rotatable bonds is 5. The molecule has 2 fully saturated rings. The van der Waals surface area contributed by atoms with E-state index in [0.717, 1.165) is 31.4 Å². The minimum absolute atomic E-state index is 0.252. The molecule has 27 heavy (non-hydrogen) atoms. The van der Waals surface area contributed by atoms with E-state index in [2.05, 4.69) is 10.9 Å². The molecule has 0 radical (unpaired) electrons. The van der Waals surface area contributed by atoms with Crippen molar-refractivity contribution in [2.75, 3.05) is 0 Å². The van der Waals surface area contributed by atoms with Crippen LogP contribution in [-0.2, 0) is 9.59 Å². The topological polar surface area (TPSA) is 105 Å². The second kappa shape index (κ2) is 8.88. The van der Waals surface area contributed by atoms with E-state index >= 15 is 0 Å². The van der Waals surface area contributed by atoms with Gasteiger partial charge in [-0.25, -0.2) is 0 Å². The fraction of sp³-hybridized carbons (Fsp3) is 0.550. The lowest BCUT2D eigenvalue weighted by atomic mass is 9.79. The predicted octanol–water partition coefficient (Wildman–Crippen LogP) is 2.66. The normalized spacial score (nSPS) is 22.8. The van der Waals surface area contributed by atoms with Gasteiger partial charge in [0.15, 0.2) is 0 Å². The van der Waals surface area contributed by atoms with Crippen LogP contribution < -0.4 is 15.6 Å². The maximum absolute atomic E-state index is 12.3. The lowest BCUT2D eigenvalue weighted by molar-refractivity contribution is -0.149. The molecule has 0 spiro atoms. The second-order valence-electron chi connectivity index (χ2n) is 7.33. The van der Waals surface area contributed by atoms with Crippen LogP contribution in [0.3, 0.4) is 0 Å². The Bertz CT molecular complexity index is 682. The number of aliphatic carboxylic acids is 1. The highest BCUT2D eigenvalue weighted by Gasteiger charge is 2.35. The molecule has 2 amide bonds. The highest BCUT2D eigenvalue weighted by Crippen LogP contribution is 2.30. The summed E-state index contributed by atoms with van der Waals surface area (Å²) in [7, 11) is 0. The number of carboxylic acids is 1. The predicted molar refractivity (Wildman–Crippen MR) is 98.0 cm³/mol. The number of nitrogens with one attached hydrogen (secondary N) is 2. The summed E-state index contributed by atoms with van der Waals surface area (Å²) in [4.78, 5) is 35.8. The Balaban J connectivity index is 1.50. The fourth-order valence-electron chi connectivity index (χ4n) is 3.91. The van der Waals surface area contributed by atoms with Gasteiger partial charge in [-0.15, -0.1) is 0 Å². The maximum Gasteiger partial charge on any atom is 0.307 e. The van der Waals surface area contributed by atoms with E-state index in [1.165, 1.54) is 12.8 Å². The van der Waals surface area contributed by atoms with Crippen LogP contribution in [-0.4, -0.2) is 29.0 Å². The van der Waals surface area contributed by atoms with Crippen molar-refractivity contribution < 1.29 is 24.2 Å². The van der Waals surface area contributed by atoms with Crippen LogP contribution in [0.1, 0.15) is 61.7 Å². The Labute approximate surface area is 158 Å². The van der Waals surface area contributed by atoms with Crippen molar-refractivity contribution in [1.29, 1.82) is 0 Å². The number of amides is 2. The highest BCUT2D eigenvalue weighted by molar-refractivity contribution is 5.96. The van der Waals surface area contributed by atoms with E-state index in [0.29, 0.717) is 18.4 Å². The average molecular weight is 374 g/mol. The quantitative estimate of drug-likeness (QED) is 0.687. The number of carboxylic acid groups (broad SMARTS) is 1. The summed E-state index contributed by atoms with van der Waals surface area (Å²) in [5.41, 5.74) is 5.15. The first kappa shape index (κ1) is 19.2. The van der Waals surface area contributed by atoms with Crippen LogP contribution in [0, 0.1) is 11.8 Å². The molecule has 7 nitrogen and oxygen atoms in total. The highest BCUT2D eigenvalue weighted by atomic mass is 16.5. The van der Waals surface area contributed by atoms with Gasteiger partial charge in [0.1, 0.15) is 5.75 Å². The molecular formula is C20H26N2O5. The monoisotopic (exact) mass is 374 g/mol. The summed E-state index contributed by atoms with van der Waals surface area (Å²) < 4.78 is 5.86. The molecule has 7 heteroatoms. The van der Waals surface area contributed by atoms with Gasteiger partial charge >= 0.3 is 5.97 Å². The van der Waals surface area contributed by atoms with E-state index in [1.807, 2.05) is 0 Å². The number of carbonyl (C=O) groups is 3. The number of carbonyl (C=O) groups excluding carboxylic acids is 2. The minimum atomic E-state index is -0.959. The molecule has 1 aromatic carbocycles. The Morgan fingerprint density at radius 3 is 2.07 bits per heavy atom. The van der Waals surface area contributed by atoms with Gasteiger partial charge in [0, 0.05) is 5.56 Å². The van der Waals surface area contributed by atoms with Gasteiger partial charge in [0.05, 0.1) is 17.9 Å². The van der Waals surface area contributed by atoms with Gasteiger partial charge in [-0.2, -0.15) is 0 Å². The van der Waals surface area contributed by atoms with Crippen LogP contribution in [0.25, 0.3) is 0 Å². The third-order valence-corrected chi connectivity index (χ3v) is 5.44. The molecule has 0 saturated heterocycles. The summed E-state index contributed by atoms with van der Waals surface area (Å²) >= 11 is 0. The lowest BCUT2D eigenvalue weighted by Gasteiger charge is -2.27. The molecule has 3 rings (SSSR count). The van der Waals surface area contributed by atoms with E-state index in [9.17, 15) is 19.5 Å². The van der Waals surface area contributed by atoms with Crippen LogP contribution in [0.2, 0.25) is 0 Å². The van der Waals surface area contributed by atoms with Crippen LogP contribution in [0.15, 0.2) is 24.3 Å². The van der Waals surface area contributed by atoms with Crippen molar-refractivity contribution in [3.05, 3.63) is 29.8 Å². The molecule has 146 valence electrons. The van der Waals surface area contributed by atoms with Gasteiger partial charge in [-0.1, -0.05) is 12.8 Å². The zero-order valence-electron chi connectivity index (χ0n) is 15.3. The number of hydrogen-bond acceptors (Lipinski definition) is 4. The Morgan fingerprint density at radius 1 is 0.852 bits per heavy atom. The number of hydrogen-bond donors (Lipinski definition) is 3. The van der Waals surface area contributed by atoms with Crippen molar-refractivity contribution in [2.45, 2.75) is 57.5 Å². The van der Waals surface area contributed by atoms with Gasteiger partial charge < -0.3 is 9.84 Å². The average Bonchev–Trinajstić information content (AvgIpc) is 3.19. The van der Waals surface area contributed by atoms with Crippen LogP contribution in [0.4, 0.5) is 0 Å². The summed E-state index contributed by atoms with van der Waals surface area (Å²) in [5, 5.41) is 9.26. The van der Waals surface area contributed by atoms with Gasteiger partial charge in [0.2, 0.25) is 5.91 Å². The first-order chi connectivity index (χ1) is 13.0. The third-order valence-electron chi connectivity index (χ3n) is 5.44. The molecular weight excluding hydrogens is 348 g/mol. The van der Waals surface area contributed by atoms with Crippen molar-refractivity contribution in [2.24, 2.45) is 11.8 Å². The summed E-state index contributed by atoms with van der Waals surface area (Å²) in [6.45, 7) is 0. The zero-order valence-corrected chi connectivity index (χ0v) is 15.3. The van der Waals surface area contributed by atoms with Gasteiger partial charge in [-0.05, 0) is 62.8 Å². The van der Waals surface area contributed by atoms with Gasteiger partial charge in [-0.3, -0.25) is 25.2 Å². The Hall–Kier alpha value is -2.57. The minimum Gasteiger partial charge on any atom is -0.490 e. The number of ether oxygens (including phenoxy) is 1. The molecule has 0 unspecified atom stereocenters. The molecule has 0 heterocycles. The molecule has 3 N–H and O–H groups in total. The van der Waals surface area contributed by atoms with Crippen LogP contribution >= 0.6 is 0 Å². The van der Waals surface area contributed by atoms with Crippen molar-refractivity contribution in [3.63, 3.8) is 0 Å². The summed E-state index contributed by atoms with van der Waals surface area (Å²) in [6, 6.07) is 6.78. The van der Waals surface area contributed by atoms with Crippen molar-refractivity contribution in [1.82, 2.24) is 10.9 Å². The van der Waals surface area contributed by atoms with Crippen molar-refractivity contribution in [3.8, 4) is 5.75 Å². The summed E-state index contributed by atoms with van der Waals surface area (Å²) in [6.07, 6.45) is 7.39. The molecule has 2 saturated carbocycles. The van der Waals surface area contributed by atoms with E-state index in [4.69, 9.17) is 4.74 Å². The Morgan fingerprint density at radius 2 is 1.44 bits per heavy atom. The third kappa shape index (κ3) is 4.99. The Kier molecular flexibility index (Phi) is 6.32. The summed E-state index contributed by atoms with van der Waals surface area (Å²) in [5.74, 6) is -2.43. The van der Waals surface area contributed by atoms with Crippen LogP contribution in [0.5, 0.6) is 5.75 Å². The van der Waals surface area contributed by atoms with E-state index in [-0.39, 0.29) is 6.10 Å².